The molecule has 106 valence electrons. The first-order valence-electron chi connectivity index (χ1n) is 6.24. The van der Waals surface area contributed by atoms with Crippen LogP contribution in [0.3, 0.4) is 0 Å². The van der Waals surface area contributed by atoms with E-state index in [9.17, 15) is 4.79 Å². The van der Waals surface area contributed by atoms with Crippen LogP contribution in [0.4, 0.5) is 0 Å². The molecule has 0 aliphatic heterocycles. The van der Waals surface area contributed by atoms with Gasteiger partial charge in [-0.05, 0) is 32.0 Å². The van der Waals surface area contributed by atoms with E-state index >= 15 is 0 Å². The summed E-state index contributed by atoms with van der Waals surface area (Å²) in [6.07, 6.45) is 0.316. The number of ether oxygens (including phenoxy) is 1. The maximum atomic E-state index is 12.5. The van der Waals surface area contributed by atoms with Crippen LogP contribution < -0.4 is 10.5 Å². The Morgan fingerprint density at radius 3 is 2.37 bits per heavy atom. The number of halogens is 1. The smallest absolute Gasteiger partial charge is 0.144 e. The summed E-state index contributed by atoms with van der Waals surface area (Å²) in [6, 6.07) is 5.66. The van der Waals surface area contributed by atoms with Gasteiger partial charge in [0.05, 0.1) is 7.11 Å². The molecule has 3 nitrogen and oxygen atoms in total. The highest BCUT2D eigenvalue weighted by molar-refractivity contribution is 9.10. The Bertz CT molecular complexity index is 476. The number of carbonyl (C=O) groups is 1. The second-order valence-electron chi connectivity index (χ2n) is 5.90. The zero-order valence-corrected chi connectivity index (χ0v) is 13.8. The molecule has 0 bridgehead atoms. The molecule has 0 unspecified atom stereocenters. The topological polar surface area (TPSA) is 52.3 Å². The predicted molar refractivity (Wildman–Crippen MR) is 81.5 cm³/mol. The molecule has 19 heavy (non-hydrogen) atoms. The summed E-state index contributed by atoms with van der Waals surface area (Å²) < 4.78 is 6.23. The average molecular weight is 328 g/mol. The van der Waals surface area contributed by atoms with Crippen molar-refractivity contribution in [1.29, 1.82) is 0 Å². The van der Waals surface area contributed by atoms with Gasteiger partial charge in [-0.3, -0.25) is 4.79 Å². The molecule has 1 aromatic carbocycles. The molecule has 0 spiro atoms. The fourth-order valence-electron chi connectivity index (χ4n) is 1.64. The Kier molecular flexibility index (Phi) is 4.80. The van der Waals surface area contributed by atoms with E-state index in [2.05, 4.69) is 15.9 Å². The van der Waals surface area contributed by atoms with Crippen molar-refractivity contribution in [2.45, 2.75) is 39.7 Å². The molecule has 0 heterocycles. The SMILES string of the molecule is COc1ccc(Br)cc1CC(=O)C(C)(C)C(C)(C)N. The minimum atomic E-state index is -0.597. The van der Waals surface area contributed by atoms with Crippen LogP contribution in [0.1, 0.15) is 33.3 Å². The number of carbonyl (C=O) groups excluding carboxylic acids is 1. The number of rotatable bonds is 5. The molecule has 0 amide bonds. The van der Waals surface area contributed by atoms with Gasteiger partial charge in [-0.1, -0.05) is 29.8 Å². The molecule has 1 aromatic rings. The summed E-state index contributed by atoms with van der Waals surface area (Å²) in [7, 11) is 1.61. The highest BCUT2D eigenvalue weighted by atomic mass is 79.9. The van der Waals surface area contributed by atoms with E-state index in [4.69, 9.17) is 10.5 Å². The first-order chi connectivity index (χ1) is 8.59. The van der Waals surface area contributed by atoms with E-state index in [-0.39, 0.29) is 5.78 Å². The van der Waals surface area contributed by atoms with Gasteiger partial charge in [0, 0.05) is 27.4 Å². The Balaban J connectivity index is 3.03. The molecule has 0 aliphatic carbocycles. The molecule has 0 saturated heterocycles. The largest absolute Gasteiger partial charge is 0.496 e. The maximum Gasteiger partial charge on any atom is 0.144 e. The normalized spacial score (nSPS) is 12.4. The quantitative estimate of drug-likeness (QED) is 0.902. The minimum Gasteiger partial charge on any atom is -0.496 e. The van der Waals surface area contributed by atoms with E-state index in [1.54, 1.807) is 7.11 Å². The average Bonchev–Trinajstić information content (AvgIpc) is 2.27. The highest BCUT2D eigenvalue weighted by Gasteiger charge is 2.39. The van der Waals surface area contributed by atoms with Gasteiger partial charge in [0.25, 0.3) is 0 Å². The monoisotopic (exact) mass is 327 g/mol. The van der Waals surface area contributed by atoms with E-state index in [0.29, 0.717) is 6.42 Å². The standard InChI is InChI=1S/C15H22BrNO2/c1-14(2,15(3,4)17)13(18)9-10-8-11(16)6-7-12(10)19-5/h6-8H,9,17H2,1-5H3. The maximum absolute atomic E-state index is 12.5. The van der Waals surface area contributed by atoms with Gasteiger partial charge in [0.15, 0.2) is 0 Å². The third kappa shape index (κ3) is 3.57. The lowest BCUT2D eigenvalue weighted by atomic mass is 9.70. The predicted octanol–water partition coefficient (Wildman–Crippen LogP) is 3.33. The molecular weight excluding hydrogens is 306 g/mol. The third-order valence-corrected chi connectivity index (χ3v) is 4.39. The Labute approximate surface area is 123 Å². The van der Waals surface area contributed by atoms with E-state index in [1.807, 2.05) is 45.9 Å². The lowest BCUT2D eigenvalue weighted by Gasteiger charge is -2.37. The van der Waals surface area contributed by atoms with Crippen molar-refractivity contribution in [2.24, 2.45) is 11.1 Å². The number of hydrogen-bond donors (Lipinski definition) is 1. The Hall–Kier alpha value is -0.870. The van der Waals surface area contributed by atoms with Gasteiger partial charge in [-0.15, -0.1) is 0 Å². The van der Waals surface area contributed by atoms with Crippen LogP contribution in [0.25, 0.3) is 0 Å². The number of benzene rings is 1. The van der Waals surface area contributed by atoms with E-state index in [0.717, 1.165) is 15.8 Å². The molecule has 1 rings (SSSR count). The third-order valence-electron chi connectivity index (χ3n) is 3.90. The lowest BCUT2D eigenvalue weighted by molar-refractivity contribution is -0.129. The van der Waals surface area contributed by atoms with Crippen LogP contribution >= 0.6 is 15.9 Å². The van der Waals surface area contributed by atoms with Gasteiger partial charge < -0.3 is 10.5 Å². The number of hydrogen-bond acceptors (Lipinski definition) is 3. The van der Waals surface area contributed by atoms with Crippen LogP contribution in [-0.2, 0) is 11.2 Å². The highest BCUT2D eigenvalue weighted by Crippen LogP contribution is 2.32. The van der Waals surface area contributed by atoms with Crippen LogP contribution in [0.2, 0.25) is 0 Å². The second kappa shape index (κ2) is 5.63. The zero-order valence-electron chi connectivity index (χ0n) is 12.2. The Morgan fingerprint density at radius 2 is 1.89 bits per heavy atom. The van der Waals surface area contributed by atoms with Gasteiger partial charge in [-0.2, -0.15) is 0 Å². The van der Waals surface area contributed by atoms with E-state index < -0.39 is 11.0 Å². The summed E-state index contributed by atoms with van der Waals surface area (Å²) in [5.41, 5.74) is 5.82. The van der Waals surface area contributed by atoms with Crippen LogP contribution in [0.5, 0.6) is 5.75 Å². The van der Waals surface area contributed by atoms with Gasteiger partial charge in [0.2, 0.25) is 0 Å². The molecule has 0 aromatic heterocycles. The van der Waals surface area contributed by atoms with Crippen molar-refractivity contribution in [2.75, 3.05) is 7.11 Å². The second-order valence-corrected chi connectivity index (χ2v) is 6.82. The number of Topliss-reactive ketones (excluding diaryl/α,β-unsaturated/α-hetero) is 1. The summed E-state index contributed by atoms with van der Waals surface area (Å²) in [5.74, 6) is 0.832. The van der Waals surface area contributed by atoms with Crippen molar-refractivity contribution in [3.05, 3.63) is 28.2 Å². The van der Waals surface area contributed by atoms with Crippen molar-refractivity contribution in [3.8, 4) is 5.75 Å². The molecule has 4 heteroatoms. The Morgan fingerprint density at radius 1 is 1.32 bits per heavy atom. The van der Waals surface area contributed by atoms with Crippen molar-refractivity contribution < 1.29 is 9.53 Å². The molecule has 0 saturated carbocycles. The minimum absolute atomic E-state index is 0.108. The molecule has 0 aliphatic rings. The summed E-state index contributed by atoms with van der Waals surface area (Å²) >= 11 is 3.41. The molecule has 0 radical (unpaired) electrons. The zero-order chi connectivity index (χ0) is 14.8. The van der Waals surface area contributed by atoms with Crippen LogP contribution in [0.15, 0.2) is 22.7 Å². The van der Waals surface area contributed by atoms with Gasteiger partial charge in [0.1, 0.15) is 11.5 Å². The lowest BCUT2D eigenvalue weighted by Crippen LogP contribution is -2.52. The van der Waals surface area contributed by atoms with Gasteiger partial charge in [-0.25, -0.2) is 0 Å². The number of methoxy groups -OCH3 is 1. The summed E-state index contributed by atoms with van der Waals surface area (Å²) in [6.45, 7) is 7.53. The van der Waals surface area contributed by atoms with Gasteiger partial charge >= 0.3 is 0 Å². The summed E-state index contributed by atoms with van der Waals surface area (Å²) in [4.78, 5) is 12.5. The number of nitrogens with two attached hydrogens (primary N) is 1. The first kappa shape index (κ1) is 16.2. The molecule has 0 fully saturated rings. The molecule has 0 atom stereocenters. The molecular formula is C15H22BrNO2. The van der Waals surface area contributed by atoms with Crippen molar-refractivity contribution >= 4 is 21.7 Å². The fraction of sp³-hybridized carbons (Fsp3) is 0.533. The van der Waals surface area contributed by atoms with Crippen molar-refractivity contribution in [1.82, 2.24) is 0 Å². The first-order valence-corrected chi connectivity index (χ1v) is 7.03. The van der Waals surface area contributed by atoms with E-state index in [1.165, 1.54) is 0 Å². The molecule has 2 N–H and O–H groups in total. The van der Waals surface area contributed by atoms with Crippen molar-refractivity contribution in [3.63, 3.8) is 0 Å². The van der Waals surface area contributed by atoms with Crippen LogP contribution in [-0.4, -0.2) is 18.4 Å². The summed E-state index contributed by atoms with van der Waals surface area (Å²) in [5, 5.41) is 0. The fourth-order valence-corrected chi connectivity index (χ4v) is 2.05. The van der Waals surface area contributed by atoms with Crippen LogP contribution in [0, 0.1) is 5.41 Å². The number of ketones is 1.